The fourth-order valence-corrected chi connectivity index (χ4v) is 7.27. The number of hydrogen-bond acceptors (Lipinski definition) is 3. The number of rotatable bonds is 6. The molecule has 0 saturated heterocycles. The van der Waals surface area contributed by atoms with Crippen molar-refractivity contribution in [3.05, 3.63) is 23.8 Å². The van der Waals surface area contributed by atoms with Gasteiger partial charge in [0.25, 0.3) is 0 Å². The van der Waals surface area contributed by atoms with Crippen LogP contribution in [0.3, 0.4) is 0 Å². The third-order valence-corrected chi connectivity index (χ3v) is 9.01. The number of aryl methyl sites for hydroxylation is 1. The minimum absolute atomic E-state index is 0.0756. The number of fused-ring (bicyclic) bond motifs is 5. The van der Waals surface area contributed by atoms with Crippen LogP contribution in [-0.2, 0) is 14.8 Å². The van der Waals surface area contributed by atoms with Crippen molar-refractivity contribution in [1.29, 1.82) is 0 Å². The molecule has 3 fully saturated rings. The second-order valence-electron chi connectivity index (χ2n) is 8.07. The fourth-order valence-electron chi connectivity index (χ4n) is 5.56. The third-order valence-electron chi connectivity index (χ3n) is 6.82. The van der Waals surface area contributed by atoms with Crippen molar-refractivity contribution < 1.29 is 13.2 Å². The summed E-state index contributed by atoms with van der Waals surface area (Å²) in [5.74, 6) is 2.88. The van der Waals surface area contributed by atoms with Crippen molar-refractivity contribution in [1.82, 2.24) is 4.31 Å². The van der Waals surface area contributed by atoms with Gasteiger partial charge in [0.1, 0.15) is 0 Å². The molecule has 6 heteroatoms. The van der Waals surface area contributed by atoms with Gasteiger partial charge in [0.2, 0.25) is 15.9 Å². The van der Waals surface area contributed by atoms with Crippen LogP contribution in [0.5, 0.6) is 0 Å². The molecule has 3 saturated carbocycles. The highest BCUT2D eigenvalue weighted by atomic mass is 32.2. The van der Waals surface area contributed by atoms with Gasteiger partial charge < -0.3 is 5.32 Å². The Bertz CT molecular complexity index is 815. The summed E-state index contributed by atoms with van der Waals surface area (Å²) < 4.78 is 27.2. The molecule has 4 unspecified atom stereocenters. The minimum atomic E-state index is -3.54. The molecule has 0 aromatic heterocycles. The van der Waals surface area contributed by atoms with Crippen LogP contribution in [0.2, 0.25) is 0 Å². The Balaban J connectivity index is 1.53. The van der Waals surface area contributed by atoms with Gasteiger partial charge in [0.05, 0.1) is 4.90 Å². The number of sulfonamides is 1. The highest BCUT2D eigenvalue weighted by Crippen LogP contribution is 2.69. The molecule has 0 spiro atoms. The van der Waals surface area contributed by atoms with Crippen LogP contribution < -0.4 is 5.32 Å². The predicted molar refractivity (Wildman–Crippen MR) is 101 cm³/mol. The van der Waals surface area contributed by atoms with Crippen LogP contribution in [-0.4, -0.2) is 31.7 Å². The number of amides is 1. The summed E-state index contributed by atoms with van der Waals surface area (Å²) in [6.07, 6.45) is 3.88. The van der Waals surface area contributed by atoms with E-state index in [4.69, 9.17) is 0 Å². The van der Waals surface area contributed by atoms with Crippen LogP contribution in [0.25, 0.3) is 0 Å². The van der Waals surface area contributed by atoms with E-state index in [0.717, 1.165) is 11.8 Å². The highest BCUT2D eigenvalue weighted by molar-refractivity contribution is 7.89. The summed E-state index contributed by atoms with van der Waals surface area (Å²) in [6.45, 7) is 6.33. The molecule has 1 aromatic carbocycles. The normalized spacial score (nSPS) is 31.9. The molecular weight excluding hydrogens is 348 g/mol. The molecular formula is C20H28N2O3S. The van der Waals surface area contributed by atoms with Gasteiger partial charge in [-0.25, -0.2) is 8.42 Å². The predicted octanol–water partition coefficient (Wildman–Crippen LogP) is 3.26. The van der Waals surface area contributed by atoms with Gasteiger partial charge in [-0.05, 0) is 67.6 Å². The number of nitrogens with zero attached hydrogens (tertiary/aromatic N) is 1. The summed E-state index contributed by atoms with van der Waals surface area (Å²) in [5.41, 5.74) is 1.29. The lowest BCUT2D eigenvalue weighted by atomic mass is 10.0. The summed E-state index contributed by atoms with van der Waals surface area (Å²) in [6, 6.07) is 5.21. The highest BCUT2D eigenvalue weighted by Gasteiger charge is 2.67. The first kappa shape index (κ1) is 18.0. The average Bonchev–Trinajstić information content (AvgIpc) is 3.05. The maximum atomic E-state index is 12.9. The maximum absolute atomic E-state index is 12.9. The van der Waals surface area contributed by atoms with Crippen LogP contribution in [0.1, 0.15) is 38.7 Å². The van der Waals surface area contributed by atoms with E-state index in [1.165, 1.54) is 23.6 Å². The van der Waals surface area contributed by atoms with Gasteiger partial charge in [-0.2, -0.15) is 4.31 Å². The number of hydrogen-bond donors (Lipinski definition) is 1. The van der Waals surface area contributed by atoms with Gasteiger partial charge in [-0.1, -0.05) is 19.9 Å². The molecule has 0 heterocycles. The van der Waals surface area contributed by atoms with Crippen LogP contribution in [0.15, 0.2) is 23.1 Å². The zero-order chi connectivity index (χ0) is 18.6. The Morgan fingerprint density at radius 2 is 1.77 bits per heavy atom. The average molecular weight is 377 g/mol. The first-order valence-corrected chi connectivity index (χ1v) is 11.2. The zero-order valence-electron chi connectivity index (χ0n) is 15.7. The summed E-state index contributed by atoms with van der Waals surface area (Å²) in [4.78, 5) is 13.0. The Hall–Kier alpha value is -1.40. The van der Waals surface area contributed by atoms with Crippen molar-refractivity contribution in [2.75, 3.05) is 18.4 Å². The van der Waals surface area contributed by atoms with Crippen LogP contribution in [0.4, 0.5) is 5.69 Å². The van der Waals surface area contributed by atoms with E-state index in [1.54, 1.807) is 25.1 Å². The summed E-state index contributed by atoms with van der Waals surface area (Å²) in [7, 11) is -3.54. The van der Waals surface area contributed by atoms with Crippen LogP contribution >= 0.6 is 0 Å². The third kappa shape index (κ3) is 2.69. The van der Waals surface area contributed by atoms with E-state index in [9.17, 15) is 13.2 Å². The van der Waals surface area contributed by atoms with E-state index >= 15 is 0 Å². The lowest BCUT2D eigenvalue weighted by Crippen LogP contribution is -2.31. The number of benzene rings is 1. The first-order chi connectivity index (χ1) is 12.4. The lowest BCUT2D eigenvalue weighted by molar-refractivity contribution is -0.118. The van der Waals surface area contributed by atoms with Gasteiger partial charge in [-0.3, -0.25) is 4.79 Å². The Labute approximate surface area is 156 Å². The molecule has 0 aliphatic heterocycles. The van der Waals surface area contributed by atoms with E-state index in [-0.39, 0.29) is 16.7 Å². The monoisotopic (exact) mass is 376 g/mol. The first-order valence-electron chi connectivity index (χ1n) is 9.80. The second kappa shape index (κ2) is 6.34. The topological polar surface area (TPSA) is 66.5 Å². The Morgan fingerprint density at radius 1 is 1.15 bits per heavy atom. The maximum Gasteiger partial charge on any atom is 0.243 e. The van der Waals surface area contributed by atoms with Crippen molar-refractivity contribution in [3.8, 4) is 0 Å². The lowest BCUT2D eigenvalue weighted by Gasteiger charge is -2.20. The fraction of sp³-hybridized carbons (Fsp3) is 0.650. The number of nitrogens with one attached hydrogen (secondary N) is 1. The summed E-state index contributed by atoms with van der Waals surface area (Å²) in [5, 5.41) is 2.99. The molecule has 1 aromatic rings. The molecule has 5 nitrogen and oxygen atoms in total. The Kier molecular flexibility index (Phi) is 4.39. The molecule has 4 atom stereocenters. The standard InChI is InChI=1S/C20H28N2O3S/c1-4-22(5-2)26(24,25)16-11-15(9-6-12(16)3)21-20(23)19-17-13-7-8-14(10-13)18(17)19/h6,9,11,13-14,17-19H,4-5,7-8,10H2,1-3H3,(H,21,23). The summed E-state index contributed by atoms with van der Waals surface area (Å²) >= 11 is 0. The van der Waals surface area contributed by atoms with Crippen molar-refractivity contribution in [2.24, 2.45) is 29.6 Å². The van der Waals surface area contributed by atoms with Gasteiger partial charge in [-0.15, -0.1) is 0 Å². The van der Waals surface area contributed by atoms with E-state index in [0.29, 0.717) is 36.2 Å². The number of carbonyl (C=O) groups is 1. The van der Waals surface area contributed by atoms with E-state index < -0.39 is 10.0 Å². The van der Waals surface area contributed by atoms with Crippen molar-refractivity contribution in [3.63, 3.8) is 0 Å². The number of carbonyl (C=O) groups excluding carboxylic acids is 1. The molecule has 26 heavy (non-hydrogen) atoms. The van der Waals surface area contributed by atoms with Crippen LogP contribution in [0, 0.1) is 36.5 Å². The SMILES string of the molecule is CCN(CC)S(=O)(=O)c1cc(NC(=O)C2C3C4CCC(C4)C23)ccc1C. The van der Waals surface area contributed by atoms with Gasteiger partial charge in [0, 0.05) is 24.7 Å². The largest absolute Gasteiger partial charge is 0.326 e. The Morgan fingerprint density at radius 3 is 2.35 bits per heavy atom. The molecule has 142 valence electrons. The van der Waals surface area contributed by atoms with E-state index in [2.05, 4.69) is 5.32 Å². The molecule has 2 bridgehead atoms. The smallest absolute Gasteiger partial charge is 0.243 e. The van der Waals surface area contributed by atoms with Crippen molar-refractivity contribution in [2.45, 2.75) is 44.9 Å². The zero-order valence-corrected chi connectivity index (χ0v) is 16.6. The molecule has 0 radical (unpaired) electrons. The number of anilines is 1. The molecule has 3 aliphatic carbocycles. The van der Waals surface area contributed by atoms with Gasteiger partial charge in [0.15, 0.2) is 0 Å². The quantitative estimate of drug-likeness (QED) is 0.829. The molecule has 3 aliphatic rings. The van der Waals surface area contributed by atoms with E-state index in [1.807, 2.05) is 13.8 Å². The molecule has 1 N–H and O–H groups in total. The van der Waals surface area contributed by atoms with Gasteiger partial charge >= 0.3 is 0 Å². The second-order valence-corrected chi connectivity index (χ2v) is 9.98. The van der Waals surface area contributed by atoms with Crippen molar-refractivity contribution >= 4 is 21.6 Å². The molecule has 4 rings (SSSR count). The molecule has 1 amide bonds. The minimum Gasteiger partial charge on any atom is -0.326 e.